The molecule has 1 atom stereocenters. The summed E-state index contributed by atoms with van der Waals surface area (Å²) in [6.45, 7) is 1.54. The summed E-state index contributed by atoms with van der Waals surface area (Å²) in [6, 6.07) is 14.5. The van der Waals surface area contributed by atoms with E-state index in [2.05, 4.69) is 37.8 Å². The largest absolute Gasteiger partial charge is 0.325 e. The second-order valence-corrected chi connectivity index (χ2v) is 6.75. The minimum atomic E-state index is -0.935. The molecule has 1 saturated heterocycles. The van der Waals surface area contributed by atoms with Gasteiger partial charge in [0.25, 0.3) is 0 Å². The number of nitrogens with zero attached hydrogens (tertiary/aromatic N) is 1. The second-order valence-electron chi connectivity index (χ2n) is 4.32. The lowest BCUT2D eigenvalue weighted by atomic mass is 10.3. The van der Waals surface area contributed by atoms with Gasteiger partial charge in [-0.15, -0.1) is 0 Å². The molecular weight excluding hydrogens is 342 g/mol. The van der Waals surface area contributed by atoms with Crippen LogP contribution in [-0.4, -0.2) is 13.2 Å². The molecule has 2 aromatic rings. The predicted octanol–water partition coefficient (Wildman–Crippen LogP) is 4.76. The summed E-state index contributed by atoms with van der Waals surface area (Å²) in [4.78, 5) is 0. The van der Waals surface area contributed by atoms with E-state index in [1.165, 1.54) is 12.1 Å². The zero-order chi connectivity index (χ0) is 13.9. The number of halogens is 2. The molecular formula is C14H13BrFN2OP. The molecule has 6 heteroatoms. The second kappa shape index (κ2) is 6.08. The lowest BCUT2D eigenvalue weighted by Gasteiger charge is -2.24. The van der Waals surface area contributed by atoms with Crippen LogP contribution in [0, 0.1) is 5.82 Å². The van der Waals surface area contributed by atoms with E-state index >= 15 is 0 Å². The molecule has 20 heavy (non-hydrogen) atoms. The SMILES string of the molecule is Fc1ccc(NP2OCCN2c2ccc(Br)cc2)cc1. The molecule has 104 valence electrons. The summed E-state index contributed by atoms with van der Waals surface area (Å²) in [5.74, 6) is -0.236. The van der Waals surface area contributed by atoms with E-state index in [9.17, 15) is 4.39 Å². The third-order valence-electron chi connectivity index (χ3n) is 2.93. The van der Waals surface area contributed by atoms with Crippen molar-refractivity contribution in [3.63, 3.8) is 0 Å². The number of hydrogen-bond acceptors (Lipinski definition) is 3. The van der Waals surface area contributed by atoms with Gasteiger partial charge >= 0.3 is 0 Å². The van der Waals surface area contributed by atoms with Crippen LogP contribution in [0.1, 0.15) is 0 Å². The highest BCUT2D eigenvalue weighted by atomic mass is 79.9. The summed E-state index contributed by atoms with van der Waals surface area (Å²) < 4.78 is 21.9. The molecule has 0 aromatic heterocycles. The highest BCUT2D eigenvalue weighted by Crippen LogP contribution is 2.48. The first-order chi connectivity index (χ1) is 9.72. The van der Waals surface area contributed by atoms with E-state index in [0.717, 1.165) is 22.4 Å². The summed E-state index contributed by atoms with van der Waals surface area (Å²) in [6.07, 6.45) is 0. The summed E-state index contributed by atoms with van der Waals surface area (Å²) in [5.41, 5.74) is 1.98. The van der Waals surface area contributed by atoms with Gasteiger partial charge in [-0.25, -0.2) is 4.39 Å². The number of hydrogen-bond donors (Lipinski definition) is 1. The van der Waals surface area contributed by atoms with E-state index < -0.39 is 8.45 Å². The average Bonchev–Trinajstić information content (AvgIpc) is 2.90. The van der Waals surface area contributed by atoms with Crippen molar-refractivity contribution < 1.29 is 8.91 Å². The van der Waals surface area contributed by atoms with E-state index in [1.54, 1.807) is 12.1 Å². The fourth-order valence-corrected chi connectivity index (χ4v) is 3.77. The summed E-state index contributed by atoms with van der Waals surface area (Å²) in [5, 5.41) is 3.32. The molecule has 1 heterocycles. The summed E-state index contributed by atoms with van der Waals surface area (Å²) >= 11 is 3.43. The molecule has 0 spiro atoms. The fourth-order valence-electron chi connectivity index (χ4n) is 1.95. The lowest BCUT2D eigenvalue weighted by molar-refractivity contribution is 0.400. The lowest BCUT2D eigenvalue weighted by Crippen LogP contribution is -2.15. The molecule has 1 aliphatic heterocycles. The van der Waals surface area contributed by atoms with Crippen LogP contribution in [0.2, 0.25) is 0 Å². The molecule has 1 N–H and O–H groups in total. The Labute approximate surface area is 126 Å². The topological polar surface area (TPSA) is 24.5 Å². The normalized spacial score (nSPS) is 18.3. The Balaban J connectivity index is 1.75. The van der Waals surface area contributed by atoms with Gasteiger partial charge in [-0.1, -0.05) is 15.9 Å². The Hall–Kier alpha value is -1.16. The molecule has 1 fully saturated rings. The van der Waals surface area contributed by atoms with Crippen LogP contribution in [0.25, 0.3) is 0 Å². The zero-order valence-electron chi connectivity index (χ0n) is 10.6. The van der Waals surface area contributed by atoms with Crippen LogP contribution in [0.4, 0.5) is 15.8 Å². The van der Waals surface area contributed by atoms with Crippen molar-refractivity contribution in [3.05, 3.63) is 58.8 Å². The number of anilines is 2. The Morgan fingerprint density at radius 1 is 1.10 bits per heavy atom. The molecule has 0 amide bonds. The Kier molecular flexibility index (Phi) is 4.20. The smallest absolute Gasteiger partial charge is 0.245 e. The van der Waals surface area contributed by atoms with Gasteiger partial charge in [0.1, 0.15) is 5.82 Å². The van der Waals surface area contributed by atoms with Gasteiger partial charge in [0.2, 0.25) is 8.45 Å². The fraction of sp³-hybridized carbons (Fsp3) is 0.143. The number of nitrogens with one attached hydrogen (secondary N) is 1. The van der Waals surface area contributed by atoms with Gasteiger partial charge < -0.3 is 14.3 Å². The zero-order valence-corrected chi connectivity index (χ0v) is 13.1. The van der Waals surface area contributed by atoms with Crippen molar-refractivity contribution >= 4 is 35.8 Å². The Morgan fingerprint density at radius 3 is 2.50 bits per heavy atom. The van der Waals surface area contributed by atoms with E-state index in [0.29, 0.717) is 6.61 Å². The van der Waals surface area contributed by atoms with Crippen LogP contribution in [0.3, 0.4) is 0 Å². The van der Waals surface area contributed by atoms with Gasteiger partial charge in [-0.2, -0.15) is 0 Å². The summed E-state index contributed by atoms with van der Waals surface area (Å²) in [7, 11) is -0.935. The predicted molar refractivity (Wildman–Crippen MR) is 84.4 cm³/mol. The monoisotopic (exact) mass is 354 g/mol. The van der Waals surface area contributed by atoms with Crippen molar-refractivity contribution in [3.8, 4) is 0 Å². The Morgan fingerprint density at radius 2 is 1.80 bits per heavy atom. The minimum absolute atomic E-state index is 0.236. The van der Waals surface area contributed by atoms with Crippen molar-refractivity contribution in [1.29, 1.82) is 0 Å². The Bertz CT molecular complexity index is 579. The third-order valence-corrected chi connectivity index (χ3v) is 5.20. The first-order valence-electron chi connectivity index (χ1n) is 6.21. The molecule has 0 saturated carbocycles. The van der Waals surface area contributed by atoms with Crippen LogP contribution in [0.15, 0.2) is 53.0 Å². The van der Waals surface area contributed by atoms with E-state index in [4.69, 9.17) is 4.52 Å². The maximum Gasteiger partial charge on any atom is 0.245 e. The maximum atomic E-state index is 12.9. The average molecular weight is 355 g/mol. The molecule has 3 rings (SSSR count). The first-order valence-corrected chi connectivity index (χ1v) is 8.21. The molecule has 1 unspecified atom stereocenters. The van der Waals surface area contributed by atoms with Gasteiger partial charge in [0.05, 0.1) is 6.61 Å². The molecule has 3 nitrogen and oxygen atoms in total. The van der Waals surface area contributed by atoms with Crippen LogP contribution in [-0.2, 0) is 4.52 Å². The van der Waals surface area contributed by atoms with Gasteiger partial charge in [0.15, 0.2) is 0 Å². The first kappa shape index (κ1) is 13.8. The van der Waals surface area contributed by atoms with Gasteiger partial charge in [-0.3, -0.25) is 0 Å². The van der Waals surface area contributed by atoms with Crippen molar-refractivity contribution in [1.82, 2.24) is 0 Å². The standard InChI is InChI=1S/C14H13BrFN2OP/c15-11-1-7-14(8-2-11)18-9-10-19-20(18)17-13-5-3-12(16)4-6-13/h1-8,17H,9-10H2. The van der Waals surface area contributed by atoms with Crippen molar-refractivity contribution in [2.24, 2.45) is 0 Å². The molecule has 0 aliphatic carbocycles. The minimum Gasteiger partial charge on any atom is -0.325 e. The molecule has 0 radical (unpaired) electrons. The molecule has 2 aromatic carbocycles. The van der Waals surface area contributed by atoms with Crippen LogP contribution in [0.5, 0.6) is 0 Å². The quantitative estimate of drug-likeness (QED) is 0.804. The molecule has 0 bridgehead atoms. The van der Waals surface area contributed by atoms with E-state index in [1.807, 2.05) is 12.1 Å². The van der Waals surface area contributed by atoms with Crippen LogP contribution >= 0.6 is 24.4 Å². The van der Waals surface area contributed by atoms with E-state index in [-0.39, 0.29) is 5.82 Å². The van der Waals surface area contributed by atoms with Crippen LogP contribution < -0.4 is 9.76 Å². The van der Waals surface area contributed by atoms with Crippen molar-refractivity contribution in [2.75, 3.05) is 22.9 Å². The van der Waals surface area contributed by atoms with Crippen molar-refractivity contribution in [2.45, 2.75) is 0 Å². The highest BCUT2D eigenvalue weighted by molar-refractivity contribution is 9.10. The third kappa shape index (κ3) is 3.11. The maximum absolute atomic E-state index is 12.9. The number of benzene rings is 2. The van der Waals surface area contributed by atoms with Gasteiger partial charge in [-0.05, 0) is 48.5 Å². The number of rotatable bonds is 3. The molecule has 1 aliphatic rings. The van der Waals surface area contributed by atoms with Gasteiger partial charge in [0, 0.05) is 22.4 Å². The highest BCUT2D eigenvalue weighted by Gasteiger charge is 2.27.